The minimum absolute atomic E-state index is 0.0985. The van der Waals surface area contributed by atoms with Crippen molar-refractivity contribution < 1.29 is 13.2 Å². The van der Waals surface area contributed by atoms with Gasteiger partial charge in [-0.25, -0.2) is 8.42 Å². The fraction of sp³-hybridized carbons (Fsp3) is 0.533. The average Bonchev–Trinajstić information content (AvgIpc) is 2.39. The Balaban J connectivity index is 2.23. The number of sulfone groups is 1. The minimum Gasteiger partial charge on any atom is -0.336 e. The van der Waals surface area contributed by atoms with Gasteiger partial charge in [0.1, 0.15) is 0 Å². The maximum atomic E-state index is 12.7. The number of hydrogen-bond donors (Lipinski definition) is 1. The molecule has 1 aliphatic rings. The molecular weight excluding hydrogens is 288 g/mol. The van der Waals surface area contributed by atoms with E-state index in [-0.39, 0.29) is 16.8 Å². The maximum absolute atomic E-state index is 12.7. The molecule has 116 valence electrons. The van der Waals surface area contributed by atoms with E-state index in [1.165, 1.54) is 12.1 Å². The fourth-order valence-corrected chi connectivity index (χ4v) is 3.10. The van der Waals surface area contributed by atoms with Crippen molar-refractivity contribution in [1.29, 1.82) is 0 Å². The van der Waals surface area contributed by atoms with Gasteiger partial charge in [-0.15, -0.1) is 0 Å². The molecular formula is C15H22N2O3S. The predicted molar refractivity (Wildman–Crippen MR) is 81.9 cm³/mol. The van der Waals surface area contributed by atoms with Crippen molar-refractivity contribution in [1.82, 2.24) is 4.90 Å². The van der Waals surface area contributed by atoms with Crippen molar-refractivity contribution in [2.24, 2.45) is 5.73 Å². The molecule has 2 rings (SSSR count). The molecule has 0 heterocycles. The molecule has 21 heavy (non-hydrogen) atoms. The molecule has 0 aromatic heterocycles. The van der Waals surface area contributed by atoms with Crippen LogP contribution in [-0.2, 0) is 9.84 Å². The monoisotopic (exact) mass is 310 g/mol. The van der Waals surface area contributed by atoms with Crippen LogP contribution >= 0.6 is 0 Å². The predicted octanol–water partition coefficient (Wildman–Crippen LogP) is 1.43. The van der Waals surface area contributed by atoms with Crippen LogP contribution in [-0.4, -0.2) is 44.6 Å². The Kier molecular flexibility index (Phi) is 5.00. The Hall–Kier alpha value is -1.40. The zero-order chi connectivity index (χ0) is 15.5. The molecule has 1 amide bonds. The molecule has 0 radical (unpaired) electrons. The zero-order valence-corrected chi connectivity index (χ0v) is 13.1. The molecule has 0 saturated heterocycles. The summed E-state index contributed by atoms with van der Waals surface area (Å²) in [5.41, 5.74) is 5.97. The van der Waals surface area contributed by atoms with Crippen LogP contribution in [0.25, 0.3) is 0 Å². The lowest BCUT2D eigenvalue weighted by Gasteiger charge is -2.37. The average molecular weight is 310 g/mol. The first kappa shape index (κ1) is 16.0. The van der Waals surface area contributed by atoms with Crippen molar-refractivity contribution in [3.8, 4) is 0 Å². The lowest BCUT2D eigenvalue weighted by Crippen LogP contribution is -2.45. The minimum atomic E-state index is -3.30. The molecule has 6 heteroatoms. The van der Waals surface area contributed by atoms with Crippen LogP contribution < -0.4 is 5.73 Å². The highest BCUT2D eigenvalue weighted by Crippen LogP contribution is 2.26. The maximum Gasteiger partial charge on any atom is 0.254 e. The molecule has 1 fully saturated rings. The first-order valence-corrected chi connectivity index (χ1v) is 9.14. The SMILES string of the molecule is CS(=O)(=O)c1cccc(C(=O)N(CCCN)C2CCC2)c1. The standard InChI is InChI=1S/C15H22N2O3S/c1-21(19,20)14-8-2-5-12(11-14)15(18)17(10-4-9-16)13-6-3-7-13/h2,5,8,11,13H,3-4,6-7,9-10,16H2,1H3. The summed E-state index contributed by atoms with van der Waals surface area (Å²) in [6.07, 6.45) is 5.08. The molecule has 0 atom stereocenters. The Morgan fingerprint density at radius 2 is 2.10 bits per heavy atom. The van der Waals surface area contributed by atoms with Crippen LogP contribution in [0.1, 0.15) is 36.0 Å². The van der Waals surface area contributed by atoms with Crippen LogP contribution in [0.5, 0.6) is 0 Å². The summed E-state index contributed by atoms with van der Waals surface area (Å²) in [4.78, 5) is 14.7. The van der Waals surface area contributed by atoms with E-state index in [4.69, 9.17) is 5.73 Å². The molecule has 0 spiro atoms. The van der Waals surface area contributed by atoms with Gasteiger partial charge in [0, 0.05) is 24.4 Å². The van der Waals surface area contributed by atoms with E-state index in [0.29, 0.717) is 18.7 Å². The summed E-state index contributed by atoms with van der Waals surface area (Å²) in [7, 11) is -3.30. The van der Waals surface area contributed by atoms with Gasteiger partial charge in [0.15, 0.2) is 9.84 Å². The van der Waals surface area contributed by atoms with Crippen LogP contribution in [0, 0.1) is 0 Å². The van der Waals surface area contributed by atoms with E-state index >= 15 is 0 Å². The normalized spacial score (nSPS) is 15.5. The van der Waals surface area contributed by atoms with Gasteiger partial charge in [-0.05, 0) is 50.4 Å². The topological polar surface area (TPSA) is 80.5 Å². The van der Waals surface area contributed by atoms with E-state index in [9.17, 15) is 13.2 Å². The van der Waals surface area contributed by atoms with Crippen molar-refractivity contribution in [2.75, 3.05) is 19.3 Å². The summed E-state index contributed by atoms with van der Waals surface area (Å²) >= 11 is 0. The summed E-state index contributed by atoms with van der Waals surface area (Å²) in [6, 6.07) is 6.54. The highest BCUT2D eigenvalue weighted by Gasteiger charge is 2.29. The Morgan fingerprint density at radius 3 is 2.62 bits per heavy atom. The fourth-order valence-electron chi connectivity index (χ4n) is 2.44. The number of nitrogens with two attached hydrogens (primary N) is 1. The number of nitrogens with zero attached hydrogens (tertiary/aromatic N) is 1. The molecule has 0 bridgehead atoms. The van der Waals surface area contributed by atoms with Crippen molar-refractivity contribution >= 4 is 15.7 Å². The quantitative estimate of drug-likeness (QED) is 0.862. The largest absolute Gasteiger partial charge is 0.336 e. The van der Waals surface area contributed by atoms with Crippen LogP contribution in [0.2, 0.25) is 0 Å². The van der Waals surface area contributed by atoms with Crippen LogP contribution in [0.15, 0.2) is 29.2 Å². The van der Waals surface area contributed by atoms with E-state index in [1.807, 2.05) is 4.90 Å². The van der Waals surface area contributed by atoms with Crippen molar-refractivity contribution in [3.05, 3.63) is 29.8 Å². The third-order valence-electron chi connectivity index (χ3n) is 3.89. The van der Waals surface area contributed by atoms with E-state index in [0.717, 1.165) is 31.9 Å². The van der Waals surface area contributed by atoms with Gasteiger partial charge < -0.3 is 10.6 Å². The zero-order valence-electron chi connectivity index (χ0n) is 12.3. The number of amides is 1. The number of benzene rings is 1. The molecule has 1 aromatic carbocycles. The molecule has 1 aromatic rings. The molecule has 0 unspecified atom stereocenters. The number of carbonyl (C=O) groups is 1. The van der Waals surface area contributed by atoms with E-state index in [2.05, 4.69) is 0 Å². The van der Waals surface area contributed by atoms with Crippen molar-refractivity contribution in [3.63, 3.8) is 0 Å². The van der Waals surface area contributed by atoms with Crippen LogP contribution in [0.4, 0.5) is 0 Å². The highest BCUT2D eigenvalue weighted by atomic mass is 32.2. The first-order valence-electron chi connectivity index (χ1n) is 7.24. The van der Waals surface area contributed by atoms with E-state index < -0.39 is 9.84 Å². The van der Waals surface area contributed by atoms with Gasteiger partial charge in [0.2, 0.25) is 0 Å². The van der Waals surface area contributed by atoms with Gasteiger partial charge in [-0.1, -0.05) is 6.07 Å². The second-order valence-electron chi connectivity index (χ2n) is 5.53. The van der Waals surface area contributed by atoms with Crippen LogP contribution in [0.3, 0.4) is 0 Å². The third kappa shape index (κ3) is 3.83. The molecule has 1 saturated carbocycles. The second kappa shape index (κ2) is 6.58. The lowest BCUT2D eigenvalue weighted by atomic mass is 9.90. The van der Waals surface area contributed by atoms with Gasteiger partial charge in [-0.3, -0.25) is 4.79 Å². The van der Waals surface area contributed by atoms with Gasteiger partial charge in [0.25, 0.3) is 5.91 Å². The number of carbonyl (C=O) groups excluding carboxylic acids is 1. The lowest BCUT2D eigenvalue weighted by molar-refractivity contribution is 0.0578. The molecule has 2 N–H and O–H groups in total. The first-order chi connectivity index (χ1) is 9.93. The van der Waals surface area contributed by atoms with Gasteiger partial charge in [-0.2, -0.15) is 0 Å². The Labute approximate surface area is 126 Å². The Morgan fingerprint density at radius 1 is 1.38 bits per heavy atom. The molecule has 5 nitrogen and oxygen atoms in total. The van der Waals surface area contributed by atoms with E-state index in [1.54, 1.807) is 12.1 Å². The summed E-state index contributed by atoms with van der Waals surface area (Å²) < 4.78 is 23.2. The van der Waals surface area contributed by atoms with Gasteiger partial charge >= 0.3 is 0 Å². The summed E-state index contributed by atoms with van der Waals surface area (Å²) in [5, 5.41) is 0. The summed E-state index contributed by atoms with van der Waals surface area (Å²) in [6.45, 7) is 1.17. The molecule has 1 aliphatic carbocycles. The smallest absolute Gasteiger partial charge is 0.254 e. The number of hydrogen-bond acceptors (Lipinski definition) is 4. The van der Waals surface area contributed by atoms with Gasteiger partial charge in [0.05, 0.1) is 4.90 Å². The molecule has 0 aliphatic heterocycles. The highest BCUT2D eigenvalue weighted by molar-refractivity contribution is 7.90. The second-order valence-corrected chi connectivity index (χ2v) is 7.54. The Bertz CT molecular complexity index is 609. The third-order valence-corrected chi connectivity index (χ3v) is 5.00. The summed E-state index contributed by atoms with van der Waals surface area (Å²) in [5.74, 6) is -0.0985. The number of rotatable bonds is 6. The van der Waals surface area contributed by atoms with Crippen molar-refractivity contribution in [2.45, 2.75) is 36.6 Å².